The normalized spacial score (nSPS) is 26.7. The molecule has 1 saturated heterocycles. The van der Waals surface area contributed by atoms with Gasteiger partial charge in [-0.25, -0.2) is 0 Å². The van der Waals surface area contributed by atoms with Crippen LogP contribution in [-0.4, -0.2) is 36.0 Å². The highest BCUT2D eigenvalue weighted by Crippen LogP contribution is 2.32. The fraction of sp³-hybridized carbons (Fsp3) is 0.500. The van der Waals surface area contributed by atoms with Gasteiger partial charge in [-0.3, -0.25) is 0 Å². The van der Waals surface area contributed by atoms with Crippen LogP contribution in [0.3, 0.4) is 0 Å². The molecule has 1 saturated carbocycles. The standard InChI is InChI=1S/C12H17N2O/c15-13-9-11-5-4-6-12(11)10-14-7-2-1-3-8-14/h4-6,9,15H,1-3,7-8,10H2/b13-9+. The number of hydrogen-bond donors (Lipinski definition) is 1. The summed E-state index contributed by atoms with van der Waals surface area (Å²) in [5, 5.41) is 11.6. The molecular weight excluding hydrogens is 188 g/mol. The van der Waals surface area contributed by atoms with Crippen molar-refractivity contribution in [1.82, 2.24) is 4.90 Å². The number of nitrogens with zero attached hydrogens (tertiary/aromatic N) is 2. The van der Waals surface area contributed by atoms with E-state index in [1.165, 1.54) is 44.5 Å². The fourth-order valence-corrected chi connectivity index (χ4v) is 2.16. The van der Waals surface area contributed by atoms with E-state index in [9.17, 15) is 0 Å². The molecule has 0 unspecified atom stereocenters. The third-order valence-corrected chi connectivity index (χ3v) is 2.98. The summed E-state index contributed by atoms with van der Waals surface area (Å²) in [4.78, 5) is 2.47. The predicted octanol–water partition coefficient (Wildman–Crippen LogP) is 1.71. The van der Waals surface area contributed by atoms with Crippen LogP contribution in [0.2, 0.25) is 0 Å². The Bertz CT molecular complexity index is 212. The first-order valence-corrected chi connectivity index (χ1v) is 5.54. The van der Waals surface area contributed by atoms with Gasteiger partial charge in [0.2, 0.25) is 0 Å². The number of likely N-dealkylation sites (tertiary alicyclic amines) is 1. The van der Waals surface area contributed by atoms with E-state index in [2.05, 4.69) is 16.5 Å². The Morgan fingerprint density at radius 2 is 2.07 bits per heavy atom. The summed E-state index contributed by atoms with van der Waals surface area (Å²) >= 11 is 0. The molecule has 1 N–H and O–H groups in total. The summed E-state index contributed by atoms with van der Waals surface area (Å²) in [6, 6.07) is 0. The van der Waals surface area contributed by atoms with E-state index < -0.39 is 0 Å². The van der Waals surface area contributed by atoms with Crippen LogP contribution in [0.4, 0.5) is 0 Å². The molecule has 81 valence electrons. The van der Waals surface area contributed by atoms with Crippen LogP contribution >= 0.6 is 0 Å². The number of piperidine rings is 1. The lowest BCUT2D eigenvalue weighted by molar-refractivity contribution is 0.240. The second-order valence-corrected chi connectivity index (χ2v) is 4.09. The Morgan fingerprint density at radius 1 is 1.27 bits per heavy atom. The minimum atomic E-state index is 0.981. The predicted molar refractivity (Wildman–Crippen MR) is 60.0 cm³/mol. The lowest BCUT2D eigenvalue weighted by Gasteiger charge is -2.29. The molecule has 1 aliphatic heterocycles. The number of rotatable bonds is 3. The first-order valence-electron chi connectivity index (χ1n) is 5.54. The molecule has 0 bridgehead atoms. The number of oxime groups is 1. The quantitative estimate of drug-likeness (QED) is 0.432. The average Bonchev–Trinajstić information content (AvgIpc) is 2.68. The lowest BCUT2D eigenvalue weighted by Crippen LogP contribution is -2.34. The van der Waals surface area contributed by atoms with E-state index >= 15 is 0 Å². The Kier molecular flexibility index (Phi) is 4.01. The molecule has 0 amide bonds. The van der Waals surface area contributed by atoms with E-state index in [0.29, 0.717) is 0 Å². The smallest absolute Gasteiger partial charge is 0.0516 e. The molecule has 0 aromatic carbocycles. The first kappa shape index (κ1) is 10.9. The zero-order chi connectivity index (χ0) is 10.5. The Morgan fingerprint density at radius 3 is 2.80 bits per heavy atom. The summed E-state index contributed by atoms with van der Waals surface area (Å²) in [5.74, 6) is 2.29. The van der Waals surface area contributed by atoms with Gasteiger partial charge in [-0.05, 0) is 45.2 Å². The maximum absolute atomic E-state index is 8.52. The van der Waals surface area contributed by atoms with Gasteiger partial charge in [0.15, 0.2) is 0 Å². The van der Waals surface area contributed by atoms with Gasteiger partial charge in [0.05, 0.1) is 6.21 Å². The highest BCUT2D eigenvalue weighted by molar-refractivity contribution is 5.84. The minimum Gasteiger partial charge on any atom is -0.411 e. The maximum Gasteiger partial charge on any atom is 0.0516 e. The van der Waals surface area contributed by atoms with Crippen molar-refractivity contribution in [2.24, 2.45) is 5.16 Å². The van der Waals surface area contributed by atoms with E-state index in [-0.39, 0.29) is 0 Å². The van der Waals surface area contributed by atoms with E-state index in [0.717, 1.165) is 12.5 Å². The van der Waals surface area contributed by atoms with Crippen molar-refractivity contribution in [3.05, 3.63) is 31.1 Å². The third kappa shape index (κ3) is 2.94. The Labute approximate surface area is 92.1 Å². The summed E-state index contributed by atoms with van der Waals surface area (Å²) in [6.45, 7) is 3.37. The molecule has 5 radical (unpaired) electrons. The summed E-state index contributed by atoms with van der Waals surface area (Å²) in [6.07, 6.45) is 11.6. The molecular formula is C12H17N2O. The van der Waals surface area contributed by atoms with Crippen molar-refractivity contribution in [2.45, 2.75) is 19.3 Å². The molecule has 2 fully saturated rings. The zero-order valence-electron chi connectivity index (χ0n) is 8.89. The largest absolute Gasteiger partial charge is 0.411 e. The van der Waals surface area contributed by atoms with E-state index in [4.69, 9.17) is 5.21 Å². The topological polar surface area (TPSA) is 35.8 Å². The summed E-state index contributed by atoms with van der Waals surface area (Å²) < 4.78 is 0. The molecule has 3 heteroatoms. The van der Waals surface area contributed by atoms with Gasteiger partial charge in [0.25, 0.3) is 0 Å². The third-order valence-electron chi connectivity index (χ3n) is 2.98. The highest BCUT2D eigenvalue weighted by atomic mass is 16.4. The molecule has 2 aliphatic rings. The van der Waals surface area contributed by atoms with Gasteiger partial charge in [-0.2, -0.15) is 0 Å². The molecule has 2 rings (SSSR count). The highest BCUT2D eigenvalue weighted by Gasteiger charge is 2.30. The Hall–Kier alpha value is -0.570. The SMILES string of the molecule is O/N=C/[C]1[CH][CH][CH][C]1CN1CCCCC1. The lowest BCUT2D eigenvalue weighted by atomic mass is 9.96. The molecule has 15 heavy (non-hydrogen) atoms. The second-order valence-electron chi connectivity index (χ2n) is 4.09. The molecule has 0 atom stereocenters. The molecule has 0 aromatic heterocycles. The summed E-state index contributed by atoms with van der Waals surface area (Å²) in [7, 11) is 0. The van der Waals surface area contributed by atoms with E-state index in [1.54, 1.807) is 0 Å². The van der Waals surface area contributed by atoms with Crippen molar-refractivity contribution in [3.8, 4) is 0 Å². The van der Waals surface area contributed by atoms with Crippen molar-refractivity contribution < 1.29 is 5.21 Å². The summed E-state index contributed by atoms with van der Waals surface area (Å²) in [5.41, 5.74) is 0. The van der Waals surface area contributed by atoms with Crippen LogP contribution in [0.5, 0.6) is 0 Å². The first-order chi connectivity index (χ1) is 7.40. The van der Waals surface area contributed by atoms with Crippen LogP contribution in [0.15, 0.2) is 5.16 Å². The van der Waals surface area contributed by atoms with Crippen LogP contribution in [-0.2, 0) is 0 Å². The van der Waals surface area contributed by atoms with E-state index in [1.807, 2.05) is 12.8 Å². The van der Waals surface area contributed by atoms with Crippen molar-refractivity contribution >= 4 is 6.21 Å². The van der Waals surface area contributed by atoms with Crippen molar-refractivity contribution in [2.75, 3.05) is 19.6 Å². The van der Waals surface area contributed by atoms with Gasteiger partial charge in [-0.1, -0.05) is 6.42 Å². The van der Waals surface area contributed by atoms with Gasteiger partial charge < -0.3 is 10.1 Å². The van der Waals surface area contributed by atoms with Gasteiger partial charge in [0, 0.05) is 18.4 Å². The van der Waals surface area contributed by atoms with Crippen LogP contribution in [0.25, 0.3) is 0 Å². The molecule has 1 heterocycles. The van der Waals surface area contributed by atoms with Crippen LogP contribution < -0.4 is 0 Å². The zero-order valence-corrected chi connectivity index (χ0v) is 8.89. The van der Waals surface area contributed by atoms with Crippen LogP contribution in [0, 0.1) is 31.1 Å². The molecule has 3 nitrogen and oxygen atoms in total. The Balaban J connectivity index is 1.81. The van der Waals surface area contributed by atoms with Crippen LogP contribution in [0.1, 0.15) is 19.3 Å². The minimum absolute atomic E-state index is 0.981. The second kappa shape index (κ2) is 5.50. The van der Waals surface area contributed by atoms with Gasteiger partial charge >= 0.3 is 0 Å². The van der Waals surface area contributed by atoms with Crippen molar-refractivity contribution in [3.63, 3.8) is 0 Å². The molecule has 1 aliphatic carbocycles. The average molecular weight is 205 g/mol. The molecule has 0 aromatic rings. The number of hydrogen-bond acceptors (Lipinski definition) is 3. The van der Waals surface area contributed by atoms with Crippen molar-refractivity contribution in [1.29, 1.82) is 0 Å². The fourth-order valence-electron chi connectivity index (χ4n) is 2.16. The molecule has 0 spiro atoms. The maximum atomic E-state index is 8.52. The van der Waals surface area contributed by atoms with Gasteiger partial charge in [0.1, 0.15) is 0 Å². The monoisotopic (exact) mass is 205 g/mol. The van der Waals surface area contributed by atoms with Gasteiger partial charge in [-0.15, -0.1) is 5.16 Å².